The van der Waals surface area contributed by atoms with Crippen LogP contribution in [0.5, 0.6) is 11.6 Å². The number of thiazole rings is 1. The van der Waals surface area contributed by atoms with Crippen molar-refractivity contribution in [3.8, 4) is 22.1 Å². The average molecular weight is 864 g/mol. The summed E-state index contributed by atoms with van der Waals surface area (Å²) in [6.07, 6.45) is 7.52. The van der Waals surface area contributed by atoms with E-state index in [0.29, 0.717) is 73.3 Å². The van der Waals surface area contributed by atoms with Crippen molar-refractivity contribution in [2.75, 3.05) is 19.4 Å². The van der Waals surface area contributed by atoms with Crippen molar-refractivity contribution in [1.82, 2.24) is 9.71 Å². The molecule has 0 aliphatic heterocycles. The number of rotatable bonds is 15. The molecule has 7 rings (SSSR count). The third-order valence-corrected chi connectivity index (χ3v) is 12.8. The number of alkyl halides is 1. The van der Waals surface area contributed by atoms with Gasteiger partial charge < -0.3 is 18.9 Å². The summed E-state index contributed by atoms with van der Waals surface area (Å²) in [7, 11) is -2.08. The molecule has 9 nitrogen and oxygen atoms in total. The molecule has 2 aliphatic carbocycles. The zero-order chi connectivity index (χ0) is 41.8. The van der Waals surface area contributed by atoms with Crippen LogP contribution in [0.4, 0.5) is 4.39 Å². The van der Waals surface area contributed by atoms with Gasteiger partial charge in [0.25, 0.3) is 0 Å². The summed E-state index contributed by atoms with van der Waals surface area (Å²) in [4.78, 5) is 17.9. The number of aromatic nitrogens is 1. The topological polar surface area (TPSA) is 113 Å². The third kappa shape index (κ3) is 12.6. The molecule has 0 bridgehead atoms. The van der Waals surface area contributed by atoms with Crippen LogP contribution in [0.2, 0.25) is 0 Å². The maximum absolute atomic E-state index is 15.0. The predicted molar refractivity (Wildman–Crippen MR) is 231 cm³/mol. The van der Waals surface area contributed by atoms with Crippen molar-refractivity contribution in [2.45, 2.75) is 89.6 Å². The van der Waals surface area contributed by atoms with Crippen LogP contribution in [-0.4, -0.2) is 50.9 Å². The lowest BCUT2D eigenvalue weighted by atomic mass is 9.79. The molecular formula is C46H52ClFN2O7S2. The first-order valence-corrected chi connectivity index (χ1v) is 23.1. The lowest BCUT2D eigenvalue weighted by Gasteiger charge is -2.28. The minimum absolute atomic E-state index is 0.298. The number of halogens is 2. The van der Waals surface area contributed by atoms with Gasteiger partial charge in [-0.1, -0.05) is 90.5 Å². The number of aryl methyl sites for hydroxylation is 1. The van der Waals surface area contributed by atoms with Crippen molar-refractivity contribution in [3.05, 3.63) is 136 Å². The highest BCUT2D eigenvalue weighted by atomic mass is 35.5. The van der Waals surface area contributed by atoms with E-state index in [-0.39, 0.29) is 6.04 Å². The molecule has 0 amide bonds. The van der Waals surface area contributed by atoms with Gasteiger partial charge >= 0.3 is 5.97 Å². The maximum Gasteiger partial charge on any atom is 0.312 e. The number of hydrogen-bond acceptors (Lipinski definition) is 9. The van der Waals surface area contributed by atoms with Crippen LogP contribution < -0.4 is 14.2 Å². The van der Waals surface area contributed by atoms with E-state index in [1.54, 1.807) is 12.1 Å². The molecule has 0 radical (unpaired) electrons. The van der Waals surface area contributed by atoms with Crippen LogP contribution in [0.15, 0.2) is 103 Å². The number of benzene rings is 4. The molecule has 314 valence electrons. The normalized spacial score (nSPS) is 20.3. The molecule has 0 spiro atoms. The van der Waals surface area contributed by atoms with Crippen LogP contribution in [0.3, 0.4) is 0 Å². The number of carbonyl (C=O) groups excluding carboxylic acids is 1. The predicted octanol–water partition coefficient (Wildman–Crippen LogP) is 10.1. The highest BCUT2D eigenvalue weighted by Gasteiger charge is 2.47. The van der Waals surface area contributed by atoms with Gasteiger partial charge in [-0.2, -0.15) is 0 Å². The Morgan fingerprint density at radius 2 is 1.56 bits per heavy atom. The molecule has 4 aromatic carbocycles. The van der Waals surface area contributed by atoms with Crippen molar-refractivity contribution in [1.29, 1.82) is 0 Å². The molecule has 2 atom stereocenters. The number of hydrogen-bond donors (Lipinski definition) is 1. The molecule has 1 N–H and O–H groups in total. The molecule has 2 fully saturated rings. The first-order chi connectivity index (χ1) is 28.4. The average Bonchev–Trinajstić information content (AvgIpc) is 3.82. The van der Waals surface area contributed by atoms with Crippen LogP contribution in [0.1, 0.15) is 78.1 Å². The summed E-state index contributed by atoms with van der Waals surface area (Å²) in [6.45, 7) is 2.75. The minimum atomic E-state index is -3.41. The second-order valence-corrected chi connectivity index (χ2v) is 18.5. The second-order valence-electron chi connectivity index (χ2n) is 15.3. The highest BCUT2D eigenvalue weighted by molar-refractivity contribution is 7.88. The van der Waals surface area contributed by atoms with E-state index in [9.17, 15) is 13.2 Å². The largest absolute Gasteiger partial charge is 0.489 e. The zero-order valence-electron chi connectivity index (χ0n) is 33.7. The van der Waals surface area contributed by atoms with Gasteiger partial charge in [0.15, 0.2) is 0 Å². The van der Waals surface area contributed by atoms with Crippen molar-refractivity contribution in [3.63, 3.8) is 0 Å². The van der Waals surface area contributed by atoms with Gasteiger partial charge in [0.1, 0.15) is 35.7 Å². The number of esters is 1. The molecular weight excluding hydrogens is 811 g/mol. The van der Waals surface area contributed by atoms with Gasteiger partial charge in [-0.15, -0.1) is 11.3 Å². The Labute approximate surface area is 356 Å². The molecule has 5 aromatic rings. The van der Waals surface area contributed by atoms with Crippen molar-refractivity contribution >= 4 is 38.9 Å². The Morgan fingerprint density at radius 1 is 0.881 bits per heavy atom. The van der Waals surface area contributed by atoms with E-state index < -0.39 is 27.2 Å². The molecule has 1 heterocycles. The molecule has 59 heavy (non-hydrogen) atoms. The number of carbonyl (C=O) groups is 1. The highest BCUT2D eigenvalue weighted by Crippen LogP contribution is 2.44. The van der Waals surface area contributed by atoms with Crippen molar-refractivity contribution < 1.29 is 36.6 Å². The van der Waals surface area contributed by atoms with Gasteiger partial charge in [0, 0.05) is 11.6 Å². The number of nitrogens with zero attached hydrogens (tertiary/aromatic N) is 1. The Balaban J connectivity index is 0.000000219. The molecule has 0 saturated heterocycles. The molecule has 2 aliphatic rings. The summed E-state index contributed by atoms with van der Waals surface area (Å²) in [6, 6.07) is 33.2. The summed E-state index contributed by atoms with van der Waals surface area (Å²) >= 11 is 7.00. The summed E-state index contributed by atoms with van der Waals surface area (Å²) < 4.78 is 63.6. The lowest BCUT2D eigenvalue weighted by molar-refractivity contribution is -0.152. The second kappa shape index (κ2) is 20.8. The summed E-state index contributed by atoms with van der Waals surface area (Å²) in [5.74, 6) is 1.10. The van der Waals surface area contributed by atoms with Gasteiger partial charge in [-0.05, 0) is 111 Å². The van der Waals surface area contributed by atoms with E-state index in [2.05, 4.69) is 40.0 Å². The van der Waals surface area contributed by atoms with Crippen LogP contribution in [0, 0.1) is 18.2 Å². The monoisotopic (exact) mass is 862 g/mol. The Hall–Kier alpha value is -4.33. The first-order valence-electron chi connectivity index (χ1n) is 19.9. The first kappa shape index (κ1) is 44.2. The SMILES string of the molecule is COC(=O)[C@@]1(Cc2ccc(F)c(-c3sc(C)nc3OCc3ccccc3)c2)CC[C@H](NS(C)(=O)=O)C1.ClCOC1CCC(c2cccc(OCc3ccccc3)c2)CC1. The fraction of sp³-hybridized carbons (Fsp3) is 0.391. The number of sulfonamides is 1. The molecule has 0 unspecified atom stereocenters. The summed E-state index contributed by atoms with van der Waals surface area (Å²) in [5, 5.41) is 0.745. The quantitative estimate of drug-likeness (QED) is 0.0818. The number of nitrogens with one attached hydrogen (secondary N) is 1. The van der Waals surface area contributed by atoms with E-state index in [1.807, 2.05) is 61.5 Å². The van der Waals surface area contributed by atoms with Gasteiger partial charge in [0.2, 0.25) is 15.9 Å². The van der Waals surface area contributed by atoms with E-state index in [1.165, 1.54) is 35.6 Å². The summed E-state index contributed by atoms with van der Waals surface area (Å²) in [5.41, 5.74) is 3.74. The smallest absolute Gasteiger partial charge is 0.312 e. The lowest BCUT2D eigenvalue weighted by Crippen LogP contribution is -2.37. The van der Waals surface area contributed by atoms with E-state index in [4.69, 9.17) is 30.5 Å². The zero-order valence-corrected chi connectivity index (χ0v) is 36.1. The Morgan fingerprint density at radius 3 is 2.20 bits per heavy atom. The Kier molecular flexibility index (Phi) is 15.6. The molecule has 13 heteroatoms. The van der Waals surface area contributed by atoms with Gasteiger partial charge in [-0.25, -0.2) is 22.5 Å². The van der Waals surface area contributed by atoms with E-state index >= 15 is 4.39 Å². The fourth-order valence-corrected chi connectivity index (χ4v) is 9.93. The van der Waals surface area contributed by atoms with Crippen molar-refractivity contribution in [2.24, 2.45) is 5.41 Å². The standard InChI is InChI=1S/C26H29FN2O5S2.C20H23ClO2/c1-17-28-24(34-16-18-7-5-4-6-8-18)23(35-17)21-13-19(9-10-22(21)27)14-26(25(30)33-2)12-11-20(15-26)29-36(3,31)32;21-15-23-19-11-9-17(10-12-19)18-7-4-8-20(13-18)22-14-16-5-2-1-3-6-16/h4-10,13,20,29H,11-12,14-16H2,1-3H3;1-8,13,17,19H,9-12,14-15H2/t20-,26+;/m0./s1. The maximum atomic E-state index is 15.0. The number of methoxy groups -OCH3 is 1. The minimum Gasteiger partial charge on any atom is -0.489 e. The number of ether oxygens (including phenoxy) is 4. The fourth-order valence-electron chi connectivity index (χ4n) is 8.06. The van der Waals surface area contributed by atoms with E-state index in [0.717, 1.165) is 53.8 Å². The van der Waals surface area contributed by atoms with Crippen LogP contribution in [0.25, 0.3) is 10.4 Å². The van der Waals surface area contributed by atoms with Crippen LogP contribution in [-0.2, 0) is 43.9 Å². The van der Waals surface area contributed by atoms with Gasteiger partial charge in [0.05, 0.1) is 29.9 Å². The van der Waals surface area contributed by atoms with Gasteiger partial charge in [-0.3, -0.25) is 4.79 Å². The third-order valence-electron chi connectivity index (χ3n) is 10.9. The molecule has 1 aromatic heterocycles. The Bertz CT molecular complexity index is 2230. The van der Waals surface area contributed by atoms with Crippen LogP contribution >= 0.6 is 22.9 Å². The molecule has 2 saturated carbocycles.